The SMILES string of the molecule is COCC(C)Oc1ccc(Cc2ccc(C3=NCCN3N)cc2)cc1. The number of methoxy groups -OCH3 is 1. The van der Waals surface area contributed by atoms with Gasteiger partial charge >= 0.3 is 0 Å². The van der Waals surface area contributed by atoms with Crippen LogP contribution in [0.4, 0.5) is 0 Å². The summed E-state index contributed by atoms with van der Waals surface area (Å²) >= 11 is 0. The maximum absolute atomic E-state index is 5.92. The Bertz CT molecular complexity index is 711. The average Bonchev–Trinajstić information content (AvgIpc) is 3.04. The molecule has 0 aliphatic carbocycles. The lowest BCUT2D eigenvalue weighted by Gasteiger charge is -2.14. The van der Waals surface area contributed by atoms with Crippen LogP contribution in [-0.4, -0.2) is 43.8 Å². The Labute approximate surface area is 149 Å². The molecule has 0 bridgehead atoms. The third-order valence-electron chi connectivity index (χ3n) is 4.16. The van der Waals surface area contributed by atoms with Crippen molar-refractivity contribution in [1.29, 1.82) is 0 Å². The van der Waals surface area contributed by atoms with Crippen LogP contribution in [-0.2, 0) is 11.2 Å². The van der Waals surface area contributed by atoms with E-state index in [1.54, 1.807) is 12.1 Å². The fourth-order valence-corrected chi connectivity index (χ4v) is 2.91. The van der Waals surface area contributed by atoms with Crippen molar-refractivity contribution in [2.45, 2.75) is 19.4 Å². The lowest BCUT2D eigenvalue weighted by Crippen LogP contribution is -2.34. The molecule has 0 fully saturated rings. The molecule has 0 aromatic heterocycles. The topological polar surface area (TPSA) is 60.1 Å². The fraction of sp³-hybridized carbons (Fsp3) is 0.350. The second-order valence-electron chi connectivity index (χ2n) is 6.30. The van der Waals surface area contributed by atoms with E-state index in [0.29, 0.717) is 6.61 Å². The third-order valence-corrected chi connectivity index (χ3v) is 4.16. The summed E-state index contributed by atoms with van der Waals surface area (Å²) in [7, 11) is 1.68. The van der Waals surface area contributed by atoms with Crippen LogP contribution in [0.15, 0.2) is 53.5 Å². The molecule has 3 rings (SSSR count). The van der Waals surface area contributed by atoms with Crippen LogP contribution in [0.1, 0.15) is 23.6 Å². The first-order valence-electron chi connectivity index (χ1n) is 8.56. The van der Waals surface area contributed by atoms with Crippen molar-refractivity contribution in [3.8, 4) is 5.75 Å². The molecule has 2 N–H and O–H groups in total. The minimum absolute atomic E-state index is 0.0454. The first-order chi connectivity index (χ1) is 12.2. The van der Waals surface area contributed by atoms with Gasteiger partial charge in [-0.2, -0.15) is 0 Å². The second-order valence-corrected chi connectivity index (χ2v) is 6.30. The maximum Gasteiger partial charge on any atom is 0.145 e. The van der Waals surface area contributed by atoms with Crippen molar-refractivity contribution in [2.75, 3.05) is 26.8 Å². The van der Waals surface area contributed by atoms with Gasteiger partial charge in [0.25, 0.3) is 0 Å². The maximum atomic E-state index is 5.92. The van der Waals surface area contributed by atoms with Crippen LogP contribution < -0.4 is 10.6 Å². The Morgan fingerprint density at radius 2 is 1.72 bits per heavy atom. The standard InChI is InChI=1S/C20H25N3O2/c1-15(14-24-2)25-19-9-5-17(6-10-19)13-16-3-7-18(8-4-16)20-22-11-12-23(20)21/h3-10,15H,11-14,21H2,1-2H3. The smallest absolute Gasteiger partial charge is 0.145 e. The van der Waals surface area contributed by atoms with Gasteiger partial charge in [-0.05, 0) is 36.6 Å². The van der Waals surface area contributed by atoms with E-state index in [4.69, 9.17) is 15.3 Å². The van der Waals surface area contributed by atoms with E-state index in [1.807, 2.05) is 19.1 Å². The summed E-state index contributed by atoms with van der Waals surface area (Å²) in [6.45, 7) is 4.13. The minimum Gasteiger partial charge on any atom is -0.488 e. The molecule has 132 valence electrons. The van der Waals surface area contributed by atoms with Gasteiger partial charge in [0.05, 0.1) is 19.7 Å². The molecular weight excluding hydrogens is 314 g/mol. The molecule has 0 saturated heterocycles. The summed E-state index contributed by atoms with van der Waals surface area (Å²) in [4.78, 5) is 4.44. The van der Waals surface area contributed by atoms with Crippen LogP contribution in [0.3, 0.4) is 0 Å². The summed E-state index contributed by atoms with van der Waals surface area (Å²) in [6.07, 6.45) is 0.927. The van der Waals surface area contributed by atoms with Crippen molar-refractivity contribution >= 4 is 5.84 Å². The number of nitrogens with two attached hydrogens (primary N) is 1. The van der Waals surface area contributed by atoms with E-state index in [-0.39, 0.29) is 6.10 Å². The molecule has 1 atom stereocenters. The molecule has 5 nitrogen and oxygen atoms in total. The Hall–Kier alpha value is -2.37. The number of nitrogens with zero attached hydrogens (tertiary/aromatic N) is 2. The van der Waals surface area contributed by atoms with Crippen LogP contribution in [0.2, 0.25) is 0 Å². The van der Waals surface area contributed by atoms with Crippen molar-refractivity contribution in [3.05, 3.63) is 65.2 Å². The number of ether oxygens (including phenoxy) is 2. The van der Waals surface area contributed by atoms with Crippen LogP contribution in [0.5, 0.6) is 5.75 Å². The molecule has 1 aliphatic rings. The zero-order chi connectivity index (χ0) is 17.6. The summed E-state index contributed by atoms with van der Waals surface area (Å²) in [6, 6.07) is 16.7. The molecule has 0 spiro atoms. The number of rotatable bonds is 7. The molecular formula is C20H25N3O2. The zero-order valence-electron chi connectivity index (χ0n) is 14.8. The molecule has 0 radical (unpaired) electrons. The van der Waals surface area contributed by atoms with Gasteiger partial charge in [-0.3, -0.25) is 10.0 Å². The predicted molar refractivity (Wildman–Crippen MR) is 100.0 cm³/mol. The molecule has 0 saturated carbocycles. The van der Waals surface area contributed by atoms with Crippen molar-refractivity contribution in [1.82, 2.24) is 5.01 Å². The molecule has 2 aromatic rings. The van der Waals surface area contributed by atoms with Gasteiger partial charge < -0.3 is 9.47 Å². The lowest BCUT2D eigenvalue weighted by atomic mass is 10.0. The van der Waals surface area contributed by atoms with E-state index in [1.165, 1.54) is 11.1 Å². The first-order valence-corrected chi connectivity index (χ1v) is 8.56. The van der Waals surface area contributed by atoms with Gasteiger partial charge in [0, 0.05) is 12.7 Å². The Balaban J connectivity index is 1.60. The van der Waals surface area contributed by atoms with Crippen molar-refractivity contribution in [3.63, 3.8) is 0 Å². The highest BCUT2D eigenvalue weighted by Crippen LogP contribution is 2.18. The molecule has 5 heteroatoms. The van der Waals surface area contributed by atoms with Crippen LogP contribution in [0, 0.1) is 0 Å². The highest BCUT2D eigenvalue weighted by Gasteiger charge is 2.14. The van der Waals surface area contributed by atoms with E-state index >= 15 is 0 Å². The molecule has 1 aliphatic heterocycles. The van der Waals surface area contributed by atoms with Gasteiger partial charge in [-0.1, -0.05) is 36.4 Å². The lowest BCUT2D eigenvalue weighted by molar-refractivity contribution is 0.0921. The van der Waals surface area contributed by atoms with E-state index < -0.39 is 0 Å². The van der Waals surface area contributed by atoms with Crippen molar-refractivity contribution in [2.24, 2.45) is 10.8 Å². The zero-order valence-corrected chi connectivity index (χ0v) is 14.8. The molecule has 0 amide bonds. The minimum atomic E-state index is 0.0454. The number of aliphatic imine (C=N–C) groups is 1. The molecule has 25 heavy (non-hydrogen) atoms. The van der Waals surface area contributed by atoms with Crippen molar-refractivity contribution < 1.29 is 9.47 Å². The summed E-state index contributed by atoms with van der Waals surface area (Å²) in [5.74, 6) is 7.66. The molecule has 1 heterocycles. The summed E-state index contributed by atoms with van der Waals surface area (Å²) in [5.41, 5.74) is 3.57. The average molecular weight is 339 g/mol. The largest absolute Gasteiger partial charge is 0.488 e. The number of hydrogen-bond donors (Lipinski definition) is 1. The van der Waals surface area contributed by atoms with E-state index in [0.717, 1.165) is 36.7 Å². The Morgan fingerprint density at radius 1 is 1.08 bits per heavy atom. The monoisotopic (exact) mass is 339 g/mol. The third kappa shape index (κ3) is 4.59. The van der Waals surface area contributed by atoms with Crippen LogP contribution in [0.25, 0.3) is 0 Å². The van der Waals surface area contributed by atoms with E-state index in [9.17, 15) is 0 Å². The molecule has 1 unspecified atom stereocenters. The Morgan fingerprint density at radius 3 is 2.28 bits per heavy atom. The fourth-order valence-electron chi connectivity index (χ4n) is 2.91. The number of hydrazine groups is 1. The van der Waals surface area contributed by atoms with Gasteiger partial charge in [0.2, 0.25) is 0 Å². The van der Waals surface area contributed by atoms with Gasteiger partial charge in [0.1, 0.15) is 17.7 Å². The first kappa shape index (κ1) is 17.5. The number of hydrogen-bond acceptors (Lipinski definition) is 5. The summed E-state index contributed by atoms with van der Waals surface area (Å²) < 4.78 is 10.9. The van der Waals surface area contributed by atoms with Gasteiger partial charge in [-0.25, -0.2) is 5.84 Å². The Kier molecular flexibility index (Phi) is 5.68. The number of amidine groups is 1. The summed E-state index contributed by atoms with van der Waals surface area (Å²) in [5, 5.41) is 1.71. The highest BCUT2D eigenvalue weighted by atomic mass is 16.5. The predicted octanol–water partition coefficient (Wildman–Crippen LogP) is 2.63. The van der Waals surface area contributed by atoms with Gasteiger partial charge in [-0.15, -0.1) is 0 Å². The quantitative estimate of drug-likeness (QED) is 0.788. The number of benzene rings is 2. The van der Waals surface area contributed by atoms with Crippen LogP contribution >= 0.6 is 0 Å². The second kappa shape index (κ2) is 8.14. The normalized spacial score (nSPS) is 15.2. The highest BCUT2D eigenvalue weighted by molar-refractivity contribution is 5.99. The van der Waals surface area contributed by atoms with E-state index in [2.05, 4.69) is 41.4 Å². The van der Waals surface area contributed by atoms with Gasteiger partial charge in [0.15, 0.2) is 0 Å². The molecule has 2 aromatic carbocycles.